The van der Waals surface area contributed by atoms with Crippen LogP contribution in [0.4, 0.5) is 0 Å². The molecule has 2 saturated heterocycles. The molecular formula is C36H41N7O12. The Morgan fingerprint density at radius 1 is 0.636 bits per heavy atom. The van der Waals surface area contributed by atoms with Gasteiger partial charge in [-0.05, 0) is 47.5 Å². The Morgan fingerprint density at radius 2 is 1.09 bits per heavy atom. The average Bonchev–Trinajstić information content (AvgIpc) is 4.00. The van der Waals surface area contributed by atoms with Crippen LogP contribution in [0.3, 0.4) is 0 Å². The molecule has 19 heteroatoms. The van der Waals surface area contributed by atoms with Gasteiger partial charge in [0.05, 0.1) is 37.2 Å². The van der Waals surface area contributed by atoms with E-state index in [9.17, 15) is 40.9 Å². The highest BCUT2D eigenvalue weighted by atomic mass is 16.6. The monoisotopic (exact) mass is 763 g/mol. The minimum Gasteiger partial charge on any atom is -0.487 e. The van der Waals surface area contributed by atoms with Crippen molar-refractivity contribution >= 4 is 0 Å². The summed E-state index contributed by atoms with van der Waals surface area (Å²) in [6, 6.07) is 18.8. The van der Waals surface area contributed by atoms with Gasteiger partial charge in [-0.1, -0.05) is 40.8 Å². The van der Waals surface area contributed by atoms with Gasteiger partial charge in [-0.2, -0.15) is 0 Å². The molecule has 0 saturated carbocycles. The molecule has 7 rings (SSSR count). The van der Waals surface area contributed by atoms with Gasteiger partial charge in [-0.15, -0.1) is 10.2 Å². The lowest BCUT2D eigenvalue weighted by Gasteiger charge is -2.22. The van der Waals surface area contributed by atoms with Crippen LogP contribution in [0.25, 0.3) is 0 Å². The quantitative estimate of drug-likeness (QED) is 0.0606. The Hall–Kier alpha value is -4.93. The normalized spacial score (nSPS) is 26.8. The molecule has 55 heavy (non-hydrogen) atoms. The summed E-state index contributed by atoms with van der Waals surface area (Å²) in [5, 5.41) is 95.9. The number of rotatable bonds is 15. The summed E-state index contributed by atoms with van der Waals surface area (Å²) in [6.07, 6.45) is -6.05. The fraction of sp³-hybridized carbons (Fsp3) is 0.417. The number of aromatic nitrogens is 7. The van der Waals surface area contributed by atoms with Crippen molar-refractivity contribution in [1.82, 2.24) is 35.0 Å². The van der Waals surface area contributed by atoms with Crippen LogP contribution in [-0.2, 0) is 22.7 Å². The molecule has 3 aromatic heterocycles. The molecule has 0 amide bonds. The first-order chi connectivity index (χ1) is 26.6. The topological polar surface area (TPSA) is 273 Å². The predicted molar refractivity (Wildman–Crippen MR) is 185 cm³/mol. The first kappa shape index (κ1) is 38.3. The highest BCUT2D eigenvalue weighted by molar-refractivity contribution is 5.43. The SMILES string of the molecule is OC[C@@H](O)[C@H]1O[C@H](O)[C@H](O)[C@H]1n1cc(COc2ccc(C(c3ccc(OCc4cn([C@@H]5[C@@H](O)[C@@H](O)O[C@@H]5[C@H](O)CO)nn4)cc3)c3ccccn3)cc2)nn1. The minimum absolute atomic E-state index is 0.0354. The van der Waals surface area contributed by atoms with E-state index >= 15 is 0 Å². The van der Waals surface area contributed by atoms with E-state index in [0.29, 0.717) is 22.9 Å². The zero-order valence-corrected chi connectivity index (χ0v) is 29.1. The molecule has 5 heterocycles. The number of hydrogen-bond acceptors (Lipinski definition) is 17. The number of benzene rings is 2. The summed E-state index contributed by atoms with van der Waals surface area (Å²) in [5.74, 6) is 0.871. The number of aliphatic hydroxyl groups is 8. The highest BCUT2D eigenvalue weighted by Crippen LogP contribution is 2.35. The van der Waals surface area contributed by atoms with Crippen molar-refractivity contribution in [2.45, 2.75) is 80.4 Å². The Morgan fingerprint density at radius 3 is 1.49 bits per heavy atom. The van der Waals surface area contributed by atoms with Gasteiger partial charge < -0.3 is 59.8 Å². The molecule has 0 unspecified atom stereocenters. The summed E-state index contributed by atoms with van der Waals surface area (Å²) in [7, 11) is 0. The average molecular weight is 764 g/mol. The first-order valence-electron chi connectivity index (χ1n) is 17.4. The van der Waals surface area contributed by atoms with Crippen LogP contribution < -0.4 is 9.47 Å². The maximum atomic E-state index is 10.4. The predicted octanol–water partition coefficient (Wildman–Crippen LogP) is -1.45. The van der Waals surface area contributed by atoms with Gasteiger partial charge in [0.15, 0.2) is 12.6 Å². The molecule has 2 aliphatic rings. The van der Waals surface area contributed by atoms with Crippen LogP contribution in [-0.4, -0.2) is 138 Å². The van der Waals surface area contributed by atoms with E-state index in [2.05, 4.69) is 25.6 Å². The van der Waals surface area contributed by atoms with Crippen LogP contribution in [0.5, 0.6) is 11.5 Å². The first-order valence-corrected chi connectivity index (χ1v) is 17.4. The molecule has 0 aliphatic carbocycles. The summed E-state index contributed by atoms with van der Waals surface area (Å²) in [5.41, 5.74) is 3.54. The van der Waals surface area contributed by atoms with Crippen molar-refractivity contribution in [3.8, 4) is 11.5 Å². The molecule has 2 fully saturated rings. The van der Waals surface area contributed by atoms with Crippen molar-refractivity contribution in [2.75, 3.05) is 13.2 Å². The molecular weight excluding hydrogens is 722 g/mol. The minimum atomic E-state index is -1.56. The maximum Gasteiger partial charge on any atom is 0.183 e. The number of ether oxygens (including phenoxy) is 4. The third-order valence-corrected chi connectivity index (χ3v) is 9.59. The standard InChI is InChI=1S/C36H41N7O12/c44-15-26(46)33-29(31(48)35(50)54-33)42-13-21(38-40-42)17-52-23-8-4-19(5-9-23)28(25-3-1-2-12-37-25)20-6-10-24(11-7-20)53-18-22-14-43(41-39-22)30-32(49)36(51)55-34(30)27(47)16-45/h1-14,26-36,44-51H,15-18H2/t26-,27-,29-,30-,31-,32-,33-,34-,35+,36+/m1/s1. The molecule has 19 nitrogen and oxygen atoms in total. The summed E-state index contributed by atoms with van der Waals surface area (Å²) in [6.45, 7) is -1.19. The summed E-state index contributed by atoms with van der Waals surface area (Å²) < 4.78 is 24.9. The van der Waals surface area contributed by atoms with Gasteiger partial charge in [0.25, 0.3) is 0 Å². The van der Waals surface area contributed by atoms with Gasteiger partial charge in [0.2, 0.25) is 0 Å². The maximum absolute atomic E-state index is 10.4. The van der Waals surface area contributed by atoms with Crippen LogP contribution in [0.15, 0.2) is 85.3 Å². The molecule has 0 spiro atoms. The third kappa shape index (κ3) is 8.21. The van der Waals surface area contributed by atoms with Crippen molar-refractivity contribution in [2.24, 2.45) is 0 Å². The molecule has 292 valence electrons. The van der Waals surface area contributed by atoms with Crippen LogP contribution in [0, 0.1) is 0 Å². The van der Waals surface area contributed by atoms with Gasteiger partial charge >= 0.3 is 0 Å². The van der Waals surface area contributed by atoms with Gasteiger partial charge in [-0.3, -0.25) is 4.98 Å². The van der Waals surface area contributed by atoms with E-state index in [4.69, 9.17) is 18.9 Å². The molecule has 10 atom stereocenters. The van der Waals surface area contributed by atoms with E-state index in [-0.39, 0.29) is 19.1 Å². The summed E-state index contributed by atoms with van der Waals surface area (Å²) >= 11 is 0. The fourth-order valence-corrected chi connectivity index (χ4v) is 6.79. The van der Waals surface area contributed by atoms with Crippen LogP contribution in [0.1, 0.15) is 46.2 Å². The second-order valence-electron chi connectivity index (χ2n) is 13.2. The van der Waals surface area contributed by atoms with Crippen LogP contribution in [0.2, 0.25) is 0 Å². The van der Waals surface area contributed by atoms with Crippen LogP contribution >= 0.6 is 0 Å². The number of nitrogens with zero attached hydrogens (tertiary/aromatic N) is 7. The van der Waals surface area contributed by atoms with Crippen molar-refractivity contribution < 1.29 is 59.8 Å². The van der Waals surface area contributed by atoms with E-state index in [1.807, 2.05) is 66.7 Å². The van der Waals surface area contributed by atoms with Gasteiger partial charge in [0.1, 0.15) is 84.8 Å². The number of hydrogen-bond donors (Lipinski definition) is 8. The Balaban J connectivity index is 0.997. The van der Waals surface area contributed by atoms with E-state index < -0.39 is 74.5 Å². The molecule has 0 radical (unpaired) electrons. The Bertz CT molecular complexity index is 1850. The largest absolute Gasteiger partial charge is 0.487 e. The zero-order valence-electron chi connectivity index (χ0n) is 29.1. The molecule has 8 N–H and O–H groups in total. The number of pyridine rings is 1. The second-order valence-corrected chi connectivity index (χ2v) is 13.2. The lowest BCUT2D eigenvalue weighted by Crippen LogP contribution is -2.38. The summed E-state index contributed by atoms with van der Waals surface area (Å²) in [4.78, 5) is 4.62. The highest BCUT2D eigenvalue weighted by Gasteiger charge is 2.49. The molecule has 2 aromatic carbocycles. The molecule has 5 aromatic rings. The van der Waals surface area contributed by atoms with E-state index in [1.54, 1.807) is 6.20 Å². The smallest absolute Gasteiger partial charge is 0.183 e. The van der Waals surface area contributed by atoms with Gasteiger partial charge in [-0.25, -0.2) is 9.36 Å². The third-order valence-electron chi connectivity index (χ3n) is 9.59. The van der Waals surface area contributed by atoms with E-state index in [1.165, 1.54) is 21.8 Å². The molecule has 2 aliphatic heterocycles. The Kier molecular flexibility index (Phi) is 11.7. The fourth-order valence-electron chi connectivity index (χ4n) is 6.79. The van der Waals surface area contributed by atoms with Crippen molar-refractivity contribution in [3.63, 3.8) is 0 Å². The van der Waals surface area contributed by atoms with Gasteiger partial charge in [0, 0.05) is 6.20 Å². The van der Waals surface area contributed by atoms with Crippen molar-refractivity contribution in [3.05, 3.63) is 114 Å². The lowest BCUT2D eigenvalue weighted by atomic mass is 9.88. The zero-order chi connectivity index (χ0) is 38.6. The molecule has 0 bridgehead atoms. The lowest BCUT2D eigenvalue weighted by molar-refractivity contribution is -0.149. The number of aliphatic hydroxyl groups excluding tert-OH is 8. The van der Waals surface area contributed by atoms with Crippen molar-refractivity contribution in [1.29, 1.82) is 0 Å². The van der Waals surface area contributed by atoms with E-state index in [0.717, 1.165) is 16.8 Å². The Labute approximate surface area is 313 Å². The second kappa shape index (κ2) is 16.8.